The third kappa shape index (κ3) is 5.52. The first-order valence-corrected chi connectivity index (χ1v) is 8.33. The highest BCUT2D eigenvalue weighted by Gasteiger charge is 2.29. The van der Waals surface area contributed by atoms with Crippen LogP contribution in [0.4, 0.5) is 18.9 Å². The van der Waals surface area contributed by atoms with Gasteiger partial charge in [0, 0.05) is 17.5 Å². The van der Waals surface area contributed by atoms with Crippen LogP contribution in [0.2, 0.25) is 0 Å². The molecule has 2 aromatic carbocycles. The molecular formula is C18H16F3NO3S. The summed E-state index contributed by atoms with van der Waals surface area (Å²) in [7, 11) is 0. The fraction of sp³-hybridized carbons (Fsp3) is 0.222. The van der Waals surface area contributed by atoms with E-state index in [1.165, 1.54) is 31.2 Å². The summed E-state index contributed by atoms with van der Waals surface area (Å²) in [6.07, 6.45) is 0. The molecule has 0 saturated heterocycles. The average molecular weight is 383 g/mol. The average Bonchev–Trinajstić information content (AvgIpc) is 2.50. The molecule has 138 valence electrons. The number of esters is 1. The number of ether oxygens (including phenoxy) is 1. The summed E-state index contributed by atoms with van der Waals surface area (Å²) in [5.41, 5.74) is -2.44. The van der Waals surface area contributed by atoms with E-state index in [0.717, 1.165) is 5.56 Å². The molecule has 0 atom stereocenters. The van der Waals surface area contributed by atoms with Crippen molar-refractivity contribution in [3.8, 4) is 5.75 Å². The smallest absolute Gasteiger partial charge is 0.426 e. The molecule has 2 aromatic rings. The molecule has 0 aromatic heterocycles. The van der Waals surface area contributed by atoms with Crippen LogP contribution in [0.5, 0.6) is 5.75 Å². The lowest BCUT2D eigenvalue weighted by Crippen LogP contribution is -2.16. The maximum Gasteiger partial charge on any atom is 0.446 e. The second-order valence-corrected chi connectivity index (χ2v) is 6.72. The lowest BCUT2D eigenvalue weighted by Gasteiger charge is -2.13. The molecule has 0 aliphatic carbocycles. The van der Waals surface area contributed by atoms with E-state index in [0.29, 0.717) is 11.3 Å². The van der Waals surface area contributed by atoms with Gasteiger partial charge in [-0.2, -0.15) is 13.2 Å². The molecule has 2 rings (SSSR count). The summed E-state index contributed by atoms with van der Waals surface area (Å²) in [5, 5.41) is 2.60. The Bertz CT molecular complexity index is 833. The number of halogens is 3. The minimum absolute atomic E-state index is 0.0162. The van der Waals surface area contributed by atoms with Gasteiger partial charge in [-0.15, -0.1) is 0 Å². The predicted molar refractivity (Wildman–Crippen MR) is 93.5 cm³/mol. The van der Waals surface area contributed by atoms with E-state index >= 15 is 0 Å². The highest BCUT2D eigenvalue weighted by molar-refractivity contribution is 8.00. The minimum atomic E-state index is -4.37. The number of hydrogen-bond donors (Lipinski definition) is 1. The second kappa shape index (κ2) is 7.82. The largest absolute Gasteiger partial charge is 0.446 e. The maximum absolute atomic E-state index is 12.5. The topological polar surface area (TPSA) is 55.4 Å². The summed E-state index contributed by atoms with van der Waals surface area (Å²) in [4.78, 5) is 23.9. The zero-order valence-corrected chi connectivity index (χ0v) is 15.0. The van der Waals surface area contributed by atoms with Crippen LogP contribution in [-0.2, 0) is 4.79 Å². The Labute approximate surface area is 152 Å². The molecule has 0 fully saturated rings. The Morgan fingerprint density at radius 1 is 1.08 bits per heavy atom. The monoisotopic (exact) mass is 383 g/mol. The van der Waals surface area contributed by atoms with E-state index in [1.807, 2.05) is 0 Å². The molecule has 0 aliphatic rings. The Kier molecular flexibility index (Phi) is 5.97. The number of alkyl halides is 3. The van der Waals surface area contributed by atoms with Crippen molar-refractivity contribution < 1.29 is 27.5 Å². The molecule has 1 N–H and O–H groups in total. The van der Waals surface area contributed by atoms with Crippen molar-refractivity contribution in [3.63, 3.8) is 0 Å². The number of carbonyl (C=O) groups excluding carboxylic acids is 2. The van der Waals surface area contributed by atoms with Crippen LogP contribution in [0.1, 0.15) is 28.4 Å². The van der Waals surface area contributed by atoms with E-state index in [1.54, 1.807) is 26.0 Å². The van der Waals surface area contributed by atoms with Crippen molar-refractivity contribution in [3.05, 3.63) is 53.1 Å². The summed E-state index contributed by atoms with van der Waals surface area (Å²) >= 11 is -0.232. The summed E-state index contributed by atoms with van der Waals surface area (Å²) in [6.45, 7) is 4.74. The van der Waals surface area contributed by atoms with Crippen LogP contribution < -0.4 is 10.1 Å². The third-order valence-corrected chi connectivity index (χ3v) is 3.99. The molecule has 0 aliphatic heterocycles. The zero-order valence-electron chi connectivity index (χ0n) is 14.2. The number of thioether (sulfide) groups is 1. The second-order valence-electron chi connectivity index (χ2n) is 5.58. The predicted octanol–water partition coefficient (Wildman–Crippen LogP) is 5.09. The van der Waals surface area contributed by atoms with Gasteiger partial charge >= 0.3 is 11.5 Å². The van der Waals surface area contributed by atoms with Crippen LogP contribution in [0.25, 0.3) is 0 Å². The Balaban J connectivity index is 2.23. The molecule has 4 nitrogen and oxygen atoms in total. The number of aryl methyl sites for hydroxylation is 2. The number of rotatable bonds is 4. The van der Waals surface area contributed by atoms with Gasteiger partial charge in [0.1, 0.15) is 5.75 Å². The highest BCUT2D eigenvalue weighted by atomic mass is 32.2. The van der Waals surface area contributed by atoms with Crippen LogP contribution in [0.15, 0.2) is 41.3 Å². The normalized spacial score (nSPS) is 11.2. The zero-order chi connectivity index (χ0) is 19.5. The maximum atomic E-state index is 12.5. The van der Waals surface area contributed by atoms with Gasteiger partial charge in [0.15, 0.2) is 0 Å². The quantitative estimate of drug-likeness (QED) is 0.454. The van der Waals surface area contributed by atoms with Crippen molar-refractivity contribution in [1.29, 1.82) is 0 Å². The number of hydrogen-bond acceptors (Lipinski definition) is 4. The molecule has 0 spiro atoms. The summed E-state index contributed by atoms with van der Waals surface area (Å²) in [6, 6.07) is 8.64. The van der Waals surface area contributed by atoms with Crippen LogP contribution in [-0.4, -0.2) is 17.4 Å². The van der Waals surface area contributed by atoms with Gasteiger partial charge < -0.3 is 10.1 Å². The molecule has 26 heavy (non-hydrogen) atoms. The highest BCUT2D eigenvalue weighted by Crippen LogP contribution is 2.37. The summed E-state index contributed by atoms with van der Waals surface area (Å²) in [5.74, 6) is -0.923. The van der Waals surface area contributed by atoms with Crippen molar-refractivity contribution in [2.75, 3.05) is 5.32 Å². The fourth-order valence-electron chi connectivity index (χ4n) is 2.34. The van der Waals surface area contributed by atoms with Gasteiger partial charge in [0.05, 0.1) is 5.56 Å². The Hall–Kier alpha value is -2.48. The van der Waals surface area contributed by atoms with Crippen molar-refractivity contribution in [2.24, 2.45) is 0 Å². The molecule has 0 heterocycles. The molecular weight excluding hydrogens is 367 g/mol. The molecule has 0 radical (unpaired) electrons. The minimum Gasteiger partial charge on any atom is -0.426 e. The fourth-order valence-corrected chi connectivity index (χ4v) is 2.88. The Morgan fingerprint density at radius 2 is 1.69 bits per heavy atom. The Morgan fingerprint density at radius 3 is 2.23 bits per heavy atom. The number of benzene rings is 2. The first-order chi connectivity index (χ1) is 12.0. The number of amides is 1. The van der Waals surface area contributed by atoms with Crippen LogP contribution in [0, 0.1) is 13.8 Å². The lowest BCUT2D eigenvalue weighted by molar-refractivity contribution is -0.131. The summed E-state index contributed by atoms with van der Waals surface area (Å²) < 4.78 is 42.2. The van der Waals surface area contributed by atoms with Gasteiger partial charge in [0.25, 0.3) is 5.91 Å². The van der Waals surface area contributed by atoms with E-state index in [2.05, 4.69) is 5.32 Å². The van der Waals surface area contributed by atoms with E-state index < -0.39 is 17.4 Å². The van der Waals surface area contributed by atoms with E-state index in [9.17, 15) is 22.8 Å². The van der Waals surface area contributed by atoms with Gasteiger partial charge in [-0.3, -0.25) is 9.59 Å². The van der Waals surface area contributed by atoms with Gasteiger partial charge in [-0.05, 0) is 67.1 Å². The SMILES string of the molecule is CC(=O)Oc1c(C)cc(C)cc1C(=O)Nc1ccc(SC(F)(F)F)cc1. The van der Waals surface area contributed by atoms with Gasteiger partial charge in [0.2, 0.25) is 0 Å². The van der Waals surface area contributed by atoms with Crippen molar-refractivity contribution >= 4 is 29.3 Å². The number of nitrogens with one attached hydrogen (secondary N) is 1. The van der Waals surface area contributed by atoms with E-state index in [-0.39, 0.29) is 28.0 Å². The van der Waals surface area contributed by atoms with Crippen LogP contribution in [0.3, 0.4) is 0 Å². The van der Waals surface area contributed by atoms with Crippen molar-refractivity contribution in [2.45, 2.75) is 31.2 Å². The van der Waals surface area contributed by atoms with Gasteiger partial charge in [-0.25, -0.2) is 0 Å². The number of anilines is 1. The molecule has 0 unspecified atom stereocenters. The number of carbonyl (C=O) groups is 2. The lowest BCUT2D eigenvalue weighted by atomic mass is 10.0. The van der Waals surface area contributed by atoms with E-state index in [4.69, 9.17) is 4.74 Å². The third-order valence-electron chi connectivity index (χ3n) is 3.26. The van der Waals surface area contributed by atoms with Gasteiger partial charge in [-0.1, -0.05) is 6.07 Å². The molecule has 1 amide bonds. The first-order valence-electron chi connectivity index (χ1n) is 7.52. The molecule has 0 saturated carbocycles. The van der Waals surface area contributed by atoms with Crippen LogP contribution >= 0.6 is 11.8 Å². The molecule has 0 bridgehead atoms. The first kappa shape index (κ1) is 19.8. The standard InChI is InChI=1S/C18H16F3NO3S/c1-10-8-11(2)16(25-12(3)23)15(9-10)17(24)22-13-4-6-14(7-5-13)26-18(19,20)21/h4-9H,1-3H3,(H,22,24). The molecule has 8 heteroatoms. The van der Waals surface area contributed by atoms with Crippen molar-refractivity contribution in [1.82, 2.24) is 0 Å².